The quantitative estimate of drug-likeness (QED) is 0.336. The first-order chi connectivity index (χ1) is 10.3. The average molecular weight is 296 g/mol. The summed E-state index contributed by atoms with van der Waals surface area (Å²) in [6.07, 6.45) is 3.34. The maximum Gasteiger partial charge on any atom is 0.172 e. The van der Waals surface area contributed by atoms with Crippen LogP contribution >= 0.6 is 11.8 Å². The molecule has 2 aromatic heterocycles. The van der Waals surface area contributed by atoms with Crippen LogP contribution in [-0.4, -0.2) is 21.0 Å². The van der Waals surface area contributed by atoms with Gasteiger partial charge < -0.3 is 10.9 Å². The fourth-order valence-corrected chi connectivity index (χ4v) is 2.99. The highest BCUT2D eigenvalue weighted by Gasteiger charge is 2.14. The number of oxime groups is 1. The molecular formula is C15H12N4OS. The van der Waals surface area contributed by atoms with Gasteiger partial charge in [0.05, 0.1) is 11.1 Å². The molecule has 0 fully saturated rings. The van der Waals surface area contributed by atoms with E-state index < -0.39 is 0 Å². The molecule has 3 aromatic rings. The Morgan fingerprint density at radius 1 is 1.10 bits per heavy atom. The predicted molar refractivity (Wildman–Crippen MR) is 82.6 cm³/mol. The Labute approximate surface area is 125 Å². The minimum Gasteiger partial charge on any atom is -0.409 e. The third kappa shape index (κ3) is 2.66. The van der Waals surface area contributed by atoms with E-state index in [4.69, 9.17) is 10.9 Å². The highest BCUT2D eigenvalue weighted by Crippen LogP contribution is 2.34. The summed E-state index contributed by atoms with van der Waals surface area (Å²) >= 11 is 1.46. The molecule has 0 bridgehead atoms. The topological polar surface area (TPSA) is 84.4 Å². The average Bonchev–Trinajstić information content (AvgIpc) is 2.55. The van der Waals surface area contributed by atoms with Gasteiger partial charge in [-0.25, -0.2) is 4.98 Å². The normalized spacial score (nSPS) is 11.7. The van der Waals surface area contributed by atoms with E-state index in [0.29, 0.717) is 5.56 Å². The molecule has 3 rings (SSSR count). The number of nitrogens with zero attached hydrogens (tertiary/aromatic N) is 3. The number of rotatable bonds is 3. The number of para-hydroxylation sites is 1. The van der Waals surface area contributed by atoms with Crippen molar-refractivity contribution in [3.8, 4) is 0 Å². The van der Waals surface area contributed by atoms with Crippen LogP contribution in [0.3, 0.4) is 0 Å². The Morgan fingerprint density at radius 3 is 2.67 bits per heavy atom. The van der Waals surface area contributed by atoms with Gasteiger partial charge >= 0.3 is 0 Å². The zero-order valence-electron chi connectivity index (χ0n) is 11.0. The third-order valence-electron chi connectivity index (χ3n) is 2.95. The van der Waals surface area contributed by atoms with Gasteiger partial charge in [-0.15, -0.1) is 0 Å². The van der Waals surface area contributed by atoms with E-state index in [0.717, 1.165) is 20.8 Å². The molecule has 6 heteroatoms. The summed E-state index contributed by atoms with van der Waals surface area (Å²) in [6.45, 7) is 0. The summed E-state index contributed by atoms with van der Waals surface area (Å²) in [5.74, 6) is 0.0340. The SMILES string of the molecule is N/C(=N\O)c1cnc2ccccc2c1Sc1ccccn1. The van der Waals surface area contributed by atoms with Crippen molar-refractivity contribution in [1.82, 2.24) is 9.97 Å². The zero-order chi connectivity index (χ0) is 14.7. The first kappa shape index (κ1) is 13.4. The van der Waals surface area contributed by atoms with E-state index in [1.54, 1.807) is 12.4 Å². The van der Waals surface area contributed by atoms with Crippen molar-refractivity contribution in [2.45, 2.75) is 9.92 Å². The molecule has 0 aliphatic carbocycles. The van der Waals surface area contributed by atoms with E-state index >= 15 is 0 Å². The van der Waals surface area contributed by atoms with Crippen molar-refractivity contribution >= 4 is 28.5 Å². The van der Waals surface area contributed by atoms with Crippen LogP contribution in [0.4, 0.5) is 0 Å². The second-order valence-corrected chi connectivity index (χ2v) is 5.30. The van der Waals surface area contributed by atoms with Crippen molar-refractivity contribution in [3.63, 3.8) is 0 Å². The molecule has 0 aliphatic rings. The van der Waals surface area contributed by atoms with Crippen LogP contribution in [-0.2, 0) is 0 Å². The largest absolute Gasteiger partial charge is 0.409 e. The molecule has 0 saturated heterocycles. The van der Waals surface area contributed by atoms with Crippen molar-refractivity contribution in [1.29, 1.82) is 0 Å². The van der Waals surface area contributed by atoms with E-state index in [2.05, 4.69) is 15.1 Å². The molecule has 3 N–H and O–H groups in total. The lowest BCUT2D eigenvalue weighted by atomic mass is 10.1. The summed E-state index contributed by atoms with van der Waals surface area (Å²) in [5, 5.41) is 13.8. The minimum atomic E-state index is 0.0340. The van der Waals surface area contributed by atoms with Crippen LogP contribution in [0.1, 0.15) is 5.56 Å². The van der Waals surface area contributed by atoms with Crippen LogP contribution in [0, 0.1) is 0 Å². The van der Waals surface area contributed by atoms with Gasteiger partial charge in [0.2, 0.25) is 0 Å². The minimum absolute atomic E-state index is 0.0340. The van der Waals surface area contributed by atoms with Gasteiger partial charge in [-0.1, -0.05) is 41.2 Å². The third-order valence-corrected chi connectivity index (χ3v) is 4.05. The molecule has 104 valence electrons. The summed E-state index contributed by atoms with van der Waals surface area (Å²) in [5.41, 5.74) is 7.21. The molecule has 0 radical (unpaired) electrons. The first-order valence-electron chi connectivity index (χ1n) is 6.24. The molecule has 2 heterocycles. The Morgan fingerprint density at radius 2 is 1.90 bits per heavy atom. The Kier molecular flexibility index (Phi) is 3.70. The Bertz CT molecular complexity index is 805. The van der Waals surface area contributed by atoms with Crippen molar-refractivity contribution in [2.75, 3.05) is 0 Å². The maximum atomic E-state index is 8.96. The second-order valence-electron chi connectivity index (χ2n) is 4.27. The standard InChI is InChI=1S/C15H12N4OS/c16-15(19-20)11-9-18-12-6-2-1-5-10(12)14(11)21-13-7-3-4-8-17-13/h1-9,20H,(H2,16,19). The number of hydrogen-bond donors (Lipinski definition) is 2. The lowest BCUT2D eigenvalue weighted by molar-refractivity contribution is 0.318. The summed E-state index contributed by atoms with van der Waals surface area (Å²) < 4.78 is 0. The van der Waals surface area contributed by atoms with Crippen LogP contribution in [0.2, 0.25) is 0 Å². The number of nitrogens with two attached hydrogens (primary N) is 1. The molecule has 21 heavy (non-hydrogen) atoms. The van der Waals surface area contributed by atoms with Gasteiger partial charge in [0, 0.05) is 22.7 Å². The monoisotopic (exact) mass is 296 g/mol. The summed E-state index contributed by atoms with van der Waals surface area (Å²) in [7, 11) is 0. The van der Waals surface area contributed by atoms with Gasteiger partial charge in [0.25, 0.3) is 0 Å². The van der Waals surface area contributed by atoms with Crippen molar-refractivity contribution < 1.29 is 5.21 Å². The fourth-order valence-electron chi connectivity index (χ4n) is 1.97. The van der Waals surface area contributed by atoms with Crippen LogP contribution in [0.5, 0.6) is 0 Å². The summed E-state index contributed by atoms with van der Waals surface area (Å²) in [6, 6.07) is 13.4. The molecule has 1 aromatic carbocycles. The lowest BCUT2D eigenvalue weighted by Gasteiger charge is -2.10. The van der Waals surface area contributed by atoms with Crippen molar-refractivity contribution in [3.05, 3.63) is 60.4 Å². The lowest BCUT2D eigenvalue weighted by Crippen LogP contribution is -2.15. The molecule has 0 aliphatic heterocycles. The number of pyridine rings is 2. The highest BCUT2D eigenvalue weighted by molar-refractivity contribution is 7.99. The van der Waals surface area contributed by atoms with E-state index in [1.807, 2.05) is 42.5 Å². The zero-order valence-corrected chi connectivity index (χ0v) is 11.8. The molecule has 0 amide bonds. The van der Waals surface area contributed by atoms with Gasteiger partial charge in [0.1, 0.15) is 5.03 Å². The number of fused-ring (bicyclic) bond motifs is 1. The maximum absolute atomic E-state index is 8.96. The molecule has 0 spiro atoms. The molecule has 0 unspecified atom stereocenters. The van der Waals surface area contributed by atoms with Crippen molar-refractivity contribution in [2.24, 2.45) is 10.9 Å². The van der Waals surface area contributed by atoms with E-state index in [9.17, 15) is 0 Å². The molecular weight excluding hydrogens is 284 g/mol. The predicted octanol–water partition coefficient (Wildman–Crippen LogP) is 2.88. The first-order valence-corrected chi connectivity index (χ1v) is 7.06. The van der Waals surface area contributed by atoms with E-state index in [-0.39, 0.29) is 5.84 Å². The van der Waals surface area contributed by atoms with Gasteiger partial charge in [0.15, 0.2) is 5.84 Å². The molecule has 0 saturated carbocycles. The fraction of sp³-hybridized carbons (Fsp3) is 0. The van der Waals surface area contributed by atoms with Crippen LogP contribution in [0.25, 0.3) is 10.9 Å². The summed E-state index contributed by atoms with van der Waals surface area (Å²) in [4.78, 5) is 9.52. The smallest absolute Gasteiger partial charge is 0.172 e. The van der Waals surface area contributed by atoms with Gasteiger partial charge in [-0.3, -0.25) is 4.98 Å². The Hall–Kier alpha value is -2.60. The Balaban J connectivity index is 2.21. The number of amidine groups is 1. The van der Waals surface area contributed by atoms with Gasteiger partial charge in [-0.05, 0) is 18.2 Å². The van der Waals surface area contributed by atoms with Crippen LogP contribution in [0.15, 0.2) is 69.9 Å². The van der Waals surface area contributed by atoms with Gasteiger partial charge in [-0.2, -0.15) is 0 Å². The number of hydrogen-bond acceptors (Lipinski definition) is 5. The number of aromatic nitrogens is 2. The second kappa shape index (κ2) is 5.80. The molecule has 0 atom stereocenters. The highest BCUT2D eigenvalue weighted by atomic mass is 32.2. The number of benzene rings is 1. The van der Waals surface area contributed by atoms with E-state index in [1.165, 1.54) is 11.8 Å². The molecule has 5 nitrogen and oxygen atoms in total. The van der Waals surface area contributed by atoms with Crippen LogP contribution < -0.4 is 5.73 Å².